The Bertz CT molecular complexity index is 758. The van der Waals surface area contributed by atoms with Crippen molar-refractivity contribution in [2.24, 2.45) is 0 Å². The second-order valence-corrected chi connectivity index (χ2v) is 4.20. The molecule has 0 aliphatic carbocycles. The van der Waals surface area contributed by atoms with Gasteiger partial charge in [0.15, 0.2) is 17.8 Å². The number of carboxylic acid groups (broad SMARTS) is 1. The monoisotopic (exact) mass is 269 g/mol. The smallest absolute Gasteiger partial charge is 0.358 e. The Balaban J connectivity index is 1.87. The molecular weight excluding hydrogens is 258 g/mol. The molecule has 0 atom stereocenters. The quantitative estimate of drug-likeness (QED) is 0.787. The van der Waals surface area contributed by atoms with E-state index in [-0.39, 0.29) is 18.1 Å². The Morgan fingerprint density at radius 3 is 2.85 bits per heavy atom. The highest BCUT2D eigenvalue weighted by molar-refractivity contribution is 5.88. The van der Waals surface area contributed by atoms with E-state index in [2.05, 4.69) is 4.98 Å². The van der Waals surface area contributed by atoms with Crippen molar-refractivity contribution in [3.05, 3.63) is 60.3 Å². The average Bonchev–Trinajstić information content (AvgIpc) is 2.93. The third-order valence-electron chi connectivity index (χ3n) is 2.95. The summed E-state index contributed by atoms with van der Waals surface area (Å²) in [5.41, 5.74) is -0.120. The van der Waals surface area contributed by atoms with Gasteiger partial charge >= 0.3 is 5.97 Å². The second-order valence-electron chi connectivity index (χ2n) is 4.20. The van der Waals surface area contributed by atoms with E-state index in [1.54, 1.807) is 0 Å². The van der Waals surface area contributed by atoms with Crippen LogP contribution in [0.1, 0.15) is 16.2 Å². The van der Waals surface area contributed by atoms with Crippen molar-refractivity contribution in [2.45, 2.75) is 6.61 Å². The first-order valence-corrected chi connectivity index (χ1v) is 6.02. The van der Waals surface area contributed by atoms with E-state index >= 15 is 0 Å². The topological polar surface area (TPSA) is 72.6 Å². The zero-order valence-corrected chi connectivity index (χ0v) is 10.4. The van der Waals surface area contributed by atoms with Crippen LogP contribution in [0.4, 0.5) is 0 Å². The summed E-state index contributed by atoms with van der Waals surface area (Å²) >= 11 is 0. The summed E-state index contributed by atoms with van der Waals surface area (Å²) in [5.74, 6) is -0.253. The lowest BCUT2D eigenvalue weighted by atomic mass is 10.1. The van der Waals surface area contributed by atoms with Gasteiger partial charge in [-0.25, -0.2) is 9.78 Å². The van der Waals surface area contributed by atoms with E-state index in [1.165, 1.54) is 0 Å². The molecular formula is C15H11NO4. The van der Waals surface area contributed by atoms with Crippen molar-refractivity contribution in [3.8, 4) is 5.75 Å². The van der Waals surface area contributed by atoms with Gasteiger partial charge in [0.1, 0.15) is 12.4 Å². The molecule has 0 saturated heterocycles. The molecule has 100 valence electrons. The number of oxazole rings is 1. The van der Waals surface area contributed by atoms with E-state index in [0.29, 0.717) is 5.75 Å². The minimum absolute atomic E-state index is 0.0235. The van der Waals surface area contributed by atoms with Crippen LogP contribution >= 0.6 is 0 Å². The first-order valence-electron chi connectivity index (χ1n) is 6.02. The van der Waals surface area contributed by atoms with Gasteiger partial charge in [0.25, 0.3) is 0 Å². The van der Waals surface area contributed by atoms with Crippen molar-refractivity contribution in [2.75, 3.05) is 0 Å². The SMILES string of the molecule is O=C(O)c1ncoc1COc1cccc2ccccc12. The number of carboxylic acids is 1. The van der Waals surface area contributed by atoms with Crippen LogP contribution in [0.3, 0.4) is 0 Å². The van der Waals surface area contributed by atoms with Gasteiger partial charge in [-0.3, -0.25) is 0 Å². The number of carbonyl (C=O) groups is 1. The Kier molecular flexibility index (Phi) is 3.09. The highest BCUT2D eigenvalue weighted by atomic mass is 16.5. The van der Waals surface area contributed by atoms with Gasteiger partial charge in [0.05, 0.1) is 0 Å². The summed E-state index contributed by atoms with van der Waals surface area (Å²) in [6.07, 6.45) is 1.10. The van der Waals surface area contributed by atoms with Crippen LogP contribution in [-0.4, -0.2) is 16.1 Å². The highest BCUT2D eigenvalue weighted by Gasteiger charge is 2.16. The maximum atomic E-state index is 10.9. The van der Waals surface area contributed by atoms with Gasteiger partial charge in [-0.15, -0.1) is 0 Å². The van der Waals surface area contributed by atoms with Gasteiger partial charge in [0, 0.05) is 5.39 Å². The summed E-state index contributed by atoms with van der Waals surface area (Å²) in [6.45, 7) is 0.0235. The number of hydrogen-bond donors (Lipinski definition) is 1. The number of ether oxygens (including phenoxy) is 1. The molecule has 0 bridgehead atoms. The molecule has 5 heteroatoms. The molecule has 0 amide bonds. The first-order chi connectivity index (χ1) is 9.75. The molecule has 5 nitrogen and oxygen atoms in total. The predicted octanol–water partition coefficient (Wildman–Crippen LogP) is 3.11. The third kappa shape index (κ3) is 2.21. The Morgan fingerprint density at radius 1 is 1.20 bits per heavy atom. The fourth-order valence-corrected chi connectivity index (χ4v) is 2.01. The number of aromatic carboxylic acids is 1. The van der Waals surface area contributed by atoms with Crippen molar-refractivity contribution in [3.63, 3.8) is 0 Å². The molecule has 0 fully saturated rings. The van der Waals surface area contributed by atoms with Gasteiger partial charge in [-0.1, -0.05) is 36.4 Å². The molecule has 1 N–H and O–H groups in total. The predicted molar refractivity (Wildman–Crippen MR) is 71.7 cm³/mol. The maximum Gasteiger partial charge on any atom is 0.358 e. The molecule has 0 radical (unpaired) electrons. The molecule has 0 unspecified atom stereocenters. The molecule has 1 heterocycles. The largest absolute Gasteiger partial charge is 0.485 e. The number of benzene rings is 2. The van der Waals surface area contributed by atoms with E-state index < -0.39 is 5.97 Å². The van der Waals surface area contributed by atoms with Crippen LogP contribution in [-0.2, 0) is 6.61 Å². The van der Waals surface area contributed by atoms with Gasteiger partial charge in [-0.05, 0) is 11.5 Å². The lowest BCUT2D eigenvalue weighted by molar-refractivity contribution is 0.0686. The number of nitrogens with zero attached hydrogens (tertiary/aromatic N) is 1. The number of fused-ring (bicyclic) bond motifs is 1. The summed E-state index contributed by atoms with van der Waals surface area (Å²) < 4.78 is 10.7. The number of hydrogen-bond acceptors (Lipinski definition) is 4. The van der Waals surface area contributed by atoms with E-state index in [4.69, 9.17) is 14.3 Å². The molecule has 0 saturated carbocycles. The fourth-order valence-electron chi connectivity index (χ4n) is 2.01. The molecule has 2 aromatic carbocycles. The number of aromatic nitrogens is 1. The summed E-state index contributed by atoms with van der Waals surface area (Å²) in [6, 6.07) is 13.5. The van der Waals surface area contributed by atoms with Crippen LogP contribution < -0.4 is 4.74 Å². The molecule has 0 spiro atoms. The van der Waals surface area contributed by atoms with E-state index in [0.717, 1.165) is 17.2 Å². The van der Waals surface area contributed by atoms with Gasteiger partial charge < -0.3 is 14.3 Å². The fraction of sp³-hybridized carbons (Fsp3) is 0.0667. The van der Waals surface area contributed by atoms with Crippen LogP contribution in [0.5, 0.6) is 5.75 Å². The summed E-state index contributed by atoms with van der Waals surface area (Å²) in [7, 11) is 0. The van der Waals surface area contributed by atoms with E-state index in [1.807, 2.05) is 42.5 Å². The minimum atomic E-state index is -1.13. The third-order valence-corrected chi connectivity index (χ3v) is 2.95. The summed E-state index contributed by atoms with van der Waals surface area (Å²) in [5, 5.41) is 11.0. The first kappa shape index (κ1) is 12.2. The zero-order valence-electron chi connectivity index (χ0n) is 10.4. The average molecular weight is 269 g/mol. The normalized spacial score (nSPS) is 10.6. The number of rotatable bonds is 4. The van der Waals surface area contributed by atoms with Crippen LogP contribution in [0.15, 0.2) is 53.3 Å². The lowest BCUT2D eigenvalue weighted by Gasteiger charge is -2.08. The zero-order chi connectivity index (χ0) is 13.9. The van der Waals surface area contributed by atoms with Crippen molar-refractivity contribution in [1.29, 1.82) is 0 Å². The van der Waals surface area contributed by atoms with Crippen molar-refractivity contribution >= 4 is 16.7 Å². The van der Waals surface area contributed by atoms with Crippen molar-refractivity contribution < 1.29 is 19.1 Å². The Morgan fingerprint density at radius 2 is 2.00 bits per heavy atom. The molecule has 1 aromatic heterocycles. The lowest BCUT2D eigenvalue weighted by Crippen LogP contribution is -2.04. The molecule has 3 rings (SSSR count). The molecule has 0 aliphatic rings. The van der Waals surface area contributed by atoms with Crippen molar-refractivity contribution in [1.82, 2.24) is 4.98 Å². The van der Waals surface area contributed by atoms with Crippen LogP contribution in [0, 0.1) is 0 Å². The molecule has 3 aromatic rings. The minimum Gasteiger partial charge on any atom is -0.485 e. The standard InChI is InChI=1S/C15H11NO4/c17-15(18)14-13(20-9-16-14)8-19-12-7-3-5-10-4-1-2-6-11(10)12/h1-7,9H,8H2,(H,17,18). The Labute approximate surface area is 114 Å². The Hall–Kier alpha value is -2.82. The van der Waals surface area contributed by atoms with Gasteiger partial charge in [-0.2, -0.15) is 0 Å². The molecule has 20 heavy (non-hydrogen) atoms. The van der Waals surface area contributed by atoms with Crippen LogP contribution in [0.25, 0.3) is 10.8 Å². The summed E-state index contributed by atoms with van der Waals surface area (Å²) in [4.78, 5) is 14.6. The van der Waals surface area contributed by atoms with Gasteiger partial charge in [0.2, 0.25) is 0 Å². The second kappa shape index (κ2) is 5.05. The van der Waals surface area contributed by atoms with Crippen LogP contribution in [0.2, 0.25) is 0 Å². The molecule has 0 aliphatic heterocycles. The highest BCUT2D eigenvalue weighted by Crippen LogP contribution is 2.26. The maximum absolute atomic E-state index is 10.9. The van der Waals surface area contributed by atoms with E-state index in [9.17, 15) is 4.79 Å².